The van der Waals surface area contributed by atoms with Crippen molar-refractivity contribution in [2.24, 2.45) is 0 Å². The van der Waals surface area contributed by atoms with Crippen molar-refractivity contribution in [3.8, 4) is 6.07 Å². The van der Waals surface area contributed by atoms with E-state index in [9.17, 15) is 9.59 Å². The average Bonchev–Trinajstić information content (AvgIpc) is 2.52. The number of amides is 2. The van der Waals surface area contributed by atoms with E-state index in [0.29, 0.717) is 12.0 Å². The molecular weight excluding hydrogens is 322 g/mol. The van der Waals surface area contributed by atoms with E-state index in [1.807, 2.05) is 0 Å². The summed E-state index contributed by atoms with van der Waals surface area (Å²) in [4.78, 5) is 29.0. The largest absolute Gasteiger partial charge is 0.444 e. The minimum absolute atomic E-state index is 0.0591. The summed E-state index contributed by atoms with van der Waals surface area (Å²) in [5.41, 5.74) is 0.819. The summed E-state index contributed by atoms with van der Waals surface area (Å²) in [7, 11) is 2.91. The van der Waals surface area contributed by atoms with Crippen LogP contribution in [0.2, 0.25) is 0 Å². The average molecular weight is 347 g/mol. The zero-order chi connectivity index (χ0) is 19.0. The van der Waals surface area contributed by atoms with Crippen molar-refractivity contribution in [3.05, 3.63) is 35.4 Å². The summed E-state index contributed by atoms with van der Waals surface area (Å²) in [5, 5.41) is 12.7. The Labute approximate surface area is 148 Å². The Hall–Kier alpha value is -2.59. The van der Waals surface area contributed by atoms with Gasteiger partial charge in [-0.25, -0.2) is 9.86 Å². The zero-order valence-electron chi connectivity index (χ0n) is 15.3. The molecule has 0 aliphatic carbocycles. The lowest BCUT2D eigenvalue weighted by atomic mass is 10.0. The number of alkyl carbamates (subject to hydrolysis) is 1. The highest BCUT2D eigenvalue weighted by atomic mass is 16.7. The third kappa shape index (κ3) is 7.68. The summed E-state index contributed by atoms with van der Waals surface area (Å²) >= 11 is 0. The molecule has 0 unspecified atom stereocenters. The zero-order valence-corrected chi connectivity index (χ0v) is 15.3. The fraction of sp³-hybridized carbons (Fsp3) is 0.500. The van der Waals surface area contributed by atoms with E-state index in [2.05, 4.69) is 11.4 Å². The molecule has 0 spiro atoms. The Balaban J connectivity index is 2.84. The van der Waals surface area contributed by atoms with E-state index in [0.717, 1.165) is 10.6 Å². The highest BCUT2D eigenvalue weighted by molar-refractivity contribution is 5.76. The molecule has 0 aliphatic heterocycles. The second kappa shape index (κ2) is 9.04. The van der Waals surface area contributed by atoms with Gasteiger partial charge in [-0.05, 0) is 44.9 Å². The predicted octanol–water partition coefficient (Wildman–Crippen LogP) is 2.40. The SMILES string of the molecule is CON(C)C(=O)C[C@@H](Cc1ccc(C#N)cc1)NC(=O)OC(C)(C)C. The van der Waals surface area contributed by atoms with Gasteiger partial charge >= 0.3 is 6.09 Å². The van der Waals surface area contributed by atoms with Crippen LogP contribution in [0.25, 0.3) is 0 Å². The van der Waals surface area contributed by atoms with Gasteiger partial charge in [-0.1, -0.05) is 12.1 Å². The normalized spacial score (nSPS) is 12.0. The third-order valence-electron chi connectivity index (χ3n) is 3.33. The first-order chi connectivity index (χ1) is 11.6. The summed E-state index contributed by atoms with van der Waals surface area (Å²) in [6.45, 7) is 5.31. The first-order valence-electron chi connectivity index (χ1n) is 7.94. The number of carbonyl (C=O) groups excluding carboxylic acids is 2. The van der Waals surface area contributed by atoms with Crippen LogP contribution in [0.3, 0.4) is 0 Å². The summed E-state index contributed by atoms with van der Waals surface area (Å²) in [6.07, 6.45) is -0.100. The number of nitrogens with one attached hydrogen (secondary N) is 1. The van der Waals surface area contributed by atoms with Crippen LogP contribution in [0.15, 0.2) is 24.3 Å². The van der Waals surface area contributed by atoms with Crippen molar-refractivity contribution >= 4 is 12.0 Å². The Morgan fingerprint density at radius 2 is 1.88 bits per heavy atom. The molecule has 0 radical (unpaired) electrons. The van der Waals surface area contributed by atoms with Crippen LogP contribution in [0.5, 0.6) is 0 Å². The third-order valence-corrected chi connectivity index (χ3v) is 3.33. The number of rotatable bonds is 6. The van der Waals surface area contributed by atoms with Crippen molar-refractivity contribution in [3.63, 3.8) is 0 Å². The number of hydrogen-bond acceptors (Lipinski definition) is 5. The van der Waals surface area contributed by atoms with Gasteiger partial charge in [0.05, 0.1) is 18.7 Å². The molecule has 136 valence electrons. The fourth-order valence-corrected chi connectivity index (χ4v) is 2.09. The molecule has 25 heavy (non-hydrogen) atoms. The monoisotopic (exact) mass is 347 g/mol. The molecule has 0 aliphatic rings. The molecule has 1 rings (SSSR count). The summed E-state index contributed by atoms with van der Waals surface area (Å²) in [5.74, 6) is -0.266. The molecule has 0 aromatic heterocycles. The topological polar surface area (TPSA) is 91.7 Å². The van der Waals surface area contributed by atoms with Gasteiger partial charge in [0.1, 0.15) is 5.60 Å². The Bertz CT molecular complexity index is 629. The molecule has 0 bridgehead atoms. The van der Waals surface area contributed by atoms with E-state index in [4.69, 9.17) is 14.8 Å². The maximum atomic E-state index is 12.1. The molecule has 0 saturated carbocycles. The van der Waals surface area contributed by atoms with E-state index < -0.39 is 17.7 Å². The lowest BCUT2D eigenvalue weighted by Gasteiger charge is -2.24. The van der Waals surface area contributed by atoms with Gasteiger partial charge in [0.25, 0.3) is 0 Å². The Kier molecular flexibility index (Phi) is 7.40. The second-order valence-electron chi connectivity index (χ2n) is 6.63. The van der Waals surface area contributed by atoms with Crippen LogP contribution in [0, 0.1) is 11.3 Å². The lowest BCUT2D eigenvalue weighted by molar-refractivity contribution is -0.169. The summed E-state index contributed by atoms with van der Waals surface area (Å²) in [6, 6.07) is 8.58. The second-order valence-corrected chi connectivity index (χ2v) is 6.63. The van der Waals surface area contributed by atoms with Crippen LogP contribution in [0.4, 0.5) is 4.79 Å². The first kappa shape index (κ1) is 20.5. The van der Waals surface area contributed by atoms with Crippen molar-refractivity contribution in [2.45, 2.75) is 45.3 Å². The maximum absolute atomic E-state index is 12.1. The first-order valence-corrected chi connectivity index (χ1v) is 7.94. The van der Waals surface area contributed by atoms with Crippen LogP contribution in [-0.2, 0) is 20.8 Å². The number of benzene rings is 1. The number of hydrogen-bond donors (Lipinski definition) is 1. The summed E-state index contributed by atoms with van der Waals surface area (Å²) < 4.78 is 5.26. The number of ether oxygens (including phenoxy) is 1. The molecule has 0 saturated heterocycles. The fourth-order valence-electron chi connectivity index (χ4n) is 2.09. The number of carbonyl (C=O) groups is 2. The number of nitrogens with zero attached hydrogens (tertiary/aromatic N) is 2. The highest BCUT2D eigenvalue weighted by Crippen LogP contribution is 2.12. The molecular formula is C18H25N3O4. The van der Waals surface area contributed by atoms with Crippen LogP contribution in [-0.4, -0.2) is 42.9 Å². The number of nitriles is 1. The minimum Gasteiger partial charge on any atom is -0.444 e. The molecule has 1 N–H and O–H groups in total. The van der Waals surface area contributed by atoms with E-state index in [-0.39, 0.29) is 12.3 Å². The van der Waals surface area contributed by atoms with E-state index in [1.54, 1.807) is 45.0 Å². The molecule has 7 nitrogen and oxygen atoms in total. The highest BCUT2D eigenvalue weighted by Gasteiger charge is 2.23. The Morgan fingerprint density at radius 3 is 2.36 bits per heavy atom. The minimum atomic E-state index is -0.629. The van der Waals surface area contributed by atoms with Crippen molar-refractivity contribution in [1.82, 2.24) is 10.4 Å². The molecule has 1 aromatic rings. The van der Waals surface area contributed by atoms with Gasteiger partial charge in [-0.3, -0.25) is 9.63 Å². The van der Waals surface area contributed by atoms with Crippen LogP contribution >= 0.6 is 0 Å². The van der Waals surface area contributed by atoms with Crippen molar-refractivity contribution in [1.29, 1.82) is 5.26 Å². The molecule has 0 heterocycles. The number of hydroxylamine groups is 2. The van der Waals surface area contributed by atoms with Gasteiger partial charge in [0.15, 0.2) is 0 Å². The van der Waals surface area contributed by atoms with Crippen LogP contribution < -0.4 is 5.32 Å². The Morgan fingerprint density at radius 1 is 1.28 bits per heavy atom. The molecule has 0 fully saturated rings. The van der Waals surface area contributed by atoms with Gasteiger partial charge in [-0.15, -0.1) is 0 Å². The molecule has 2 amide bonds. The van der Waals surface area contributed by atoms with Gasteiger partial charge < -0.3 is 10.1 Å². The van der Waals surface area contributed by atoms with Gasteiger partial charge in [-0.2, -0.15) is 5.26 Å². The van der Waals surface area contributed by atoms with Crippen LogP contribution in [0.1, 0.15) is 38.3 Å². The van der Waals surface area contributed by atoms with E-state index >= 15 is 0 Å². The van der Waals surface area contributed by atoms with Crippen molar-refractivity contribution < 1.29 is 19.2 Å². The molecule has 7 heteroatoms. The quantitative estimate of drug-likeness (QED) is 0.798. The predicted molar refractivity (Wildman–Crippen MR) is 92.4 cm³/mol. The lowest BCUT2D eigenvalue weighted by Crippen LogP contribution is -2.43. The molecule has 1 atom stereocenters. The van der Waals surface area contributed by atoms with Gasteiger partial charge in [0.2, 0.25) is 5.91 Å². The smallest absolute Gasteiger partial charge is 0.407 e. The van der Waals surface area contributed by atoms with Gasteiger partial charge in [0, 0.05) is 19.5 Å². The standard InChI is InChI=1S/C18H25N3O4/c1-18(2,3)25-17(23)20-15(11-16(22)21(4)24-5)10-13-6-8-14(12-19)9-7-13/h6-9,15H,10-11H2,1-5H3,(H,20,23)/t15-/m1/s1. The molecule has 1 aromatic carbocycles. The maximum Gasteiger partial charge on any atom is 0.407 e. The van der Waals surface area contributed by atoms with E-state index in [1.165, 1.54) is 14.2 Å². The van der Waals surface area contributed by atoms with Crippen molar-refractivity contribution in [2.75, 3.05) is 14.2 Å².